The molecule has 23 heavy (non-hydrogen) atoms. The number of nitrogens with one attached hydrogen (secondary N) is 1. The Hall–Kier alpha value is -2.22. The van der Waals surface area contributed by atoms with Crippen LogP contribution in [0.1, 0.15) is 37.5 Å². The molecule has 0 radical (unpaired) electrons. The molecule has 1 atom stereocenters. The molecule has 0 aromatic carbocycles. The molecule has 1 aliphatic heterocycles. The second-order valence-corrected chi connectivity index (χ2v) is 5.64. The lowest BCUT2D eigenvalue weighted by molar-refractivity contribution is -0.139. The monoisotopic (exact) mass is 318 g/mol. The Morgan fingerprint density at radius 3 is 3.22 bits per heavy atom. The minimum absolute atomic E-state index is 0.122. The number of imidazole rings is 1. The molecule has 8 heteroatoms. The maximum Gasteiger partial charge on any atom is 0.224 e. The van der Waals surface area contributed by atoms with E-state index in [0.717, 1.165) is 18.7 Å². The molecule has 2 aromatic heterocycles. The number of rotatable bonds is 6. The van der Waals surface area contributed by atoms with Gasteiger partial charge in [-0.25, -0.2) is 9.97 Å². The molecule has 1 aliphatic rings. The van der Waals surface area contributed by atoms with E-state index in [0.29, 0.717) is 38.5 Å². The zero-order valence-electron chi connectivity index (χ0n) is 13.3. The van der Waals surface area contributed by atoms with Gasteiger partial charge in [0.05, 0.1) is 19.5 Å². The smallest absolute Gasteiger partial charge is 0.224 e. The Labute approximate surface area is 134 Å². The number of ether oxygens (including phenoxy) is 1. The summed E-state index contributed by atoms with van der Waals surface area (Å²) in [6, 6.07) is 0. The molecule has 0 saturated carbocycles. The van der Waals surface area contributed by atoms with Crippen molar-refractivity contribution in [1.29, 1.82) is 0 Å². The molecule has 1 saturated heterocycles. The van der Waals surface area contributed by atoms with E-state index in [2.05, 4.69) is 27.1 Å². The summed E-state index contributed by atoms with van der Waals surface area (Å²) in [5.74, 6) is 1.63. The molecular formula is C15H22N6O2. The summed E-state index contributed by atoms with van der Waals surface area (Å²) in [7, 11) is 0. The number of H-pyrrole nitrogens is 1. The Kier molecular flexibility index (Phi) is 5.02. The first-order valence-electron chi connectivity index (χ1n) is 8.02. The van der Waals surface area contributed by atoms with E-state index >= 15 is 0 Å². The third-order valence-electron chi connectivity index (χ3n) is 3.89. The zero-order chi connectivity index (χ0) is 16.1. The second-order valence-electron chi connectivity index (χ2n) is 5.64. The number of hydrogen-bond acceptors (Lipinski definition) is 5. The van der Waals surface area contributed by atoms with Crippen LogP contribution in [0.3, 0.4) is 0 Å². The predicted molar refractivity (Wildman–Crippen MR) is 82.5 cm³/mol. The minimum atomic E-state index is -0.247. The number of aromatic amines is 1. The normalized spacial score (nSPS) is 18.3. The van der Waals surface area contributed by atoms with E-state index in [1.807, 2.05) is 15.7 Å². The van der Waals surface area contributed by atoms with Crippen LogP contribution in [0, 0.1) is 0 Å². The van der Waals surface area contributed by atoms with Crippen molar-refractivity contribution >= 4 is 5.91 Å². The van der Waals surface area contributed by atoms with E-state index in [4.69, 9.17) is 4.74 Å². The highest BCUT2D eigenvalue weighted by molar-refractivity contribution is 5.76. The largest absolute Gasteiger partial charge is 0.366 e. The van der Waals surface area contributed by atoms with Gasteiger partial charge >= 0.3 is 0 Å². The van der Waals surface area contributed by atoms with Crippen LogP contribution in [0.5, 0.6) is 0 Å². The third kappa shape index (κ3) is 3.95. The Balaban J connectivity index is 1.55. The van der Waals surface area contributed by atoms with Crippen LogP contribution in [0.2, 0.25) is 0 Å². The number of hydrogen-bond donors (Lipinski definition) is 1. The molecule has 0 unspecified atom stereocenters. The molecule has 1 amide bonds. The first-order valence-corrected chi connectivity index (χ1v) is 8.02. The number of carbonyl (C=O) groups excluding carboxylic acids is 1. The van der Waals surface area contributed by atoms with Crippen LogP contribution in [-0.4, -0.2) is 55.2 Å². The van der Waals surface area contributed by atoms with E-state index in [1.165, 1.54) is 0 Å². The number of amides is 1. The molecule has 0 aliphatic carbocycles. The van der Waals surface area contributed by atoms with Gasteiger partial charge in [0, 0.05) is 38.3 Å². The fourth-order valence-corrected chi connectivity index (χ4v) is 2.64. The lowest BCUT2D eigenvalue weighted by Gasteiger charge is -2.31. The van der Waals surface area contributed by atoms with Gasteiger partial charge in [-0.1, -0.05) is 6.92 Å². The number of nitrogens with zero attached hydrogens (tertiary/aromatic N) is 5. The van der Waals surface area contributed by atoms with E-state index in [9.17, 15) is 4.79 Å². The average molecular weight is 318 g/mol. The number of morpholine rings is 1. The molecule has 1 fully saturated rings. The summed E-state index contributed by atoms with van der Waals surface area (Å²) in [4.78, 5) is 22.6. The van der Waals surface area contributed by atoms with E-state index in [1.54, 1.807) is 12.5 Å². The molecular weight excluding hydrogens is 296 g/mol. The summed E-state index contributed by atoms with van der Waals surface area (Å²) in [6.07, 6.45) is 7.38. The van der Waals surface area contributed by atoms with E-state index < -0.39 is 0 Å². The van der Waals surface area contributed by atoms with Gasteiger partial charge < -0.3 is 14.2 Å². The molecule has 1 N–H and O–H groups in total. The predicted octanol–water partition coefficient (Wildman–Crippen LogP) is 0.944. The number of carbonyl (C=O) groups is 1. The van der Waals surface area contributed by atoms with Crippen molar-refractivity contribution in [3.8, 4) is 0 Å². The number of aromatic nitrogens is 5. The van der Waals surface area contributed by atoms with E-state index in [-0.39, 0.29) is 12.0 Å². The van der Waals surface area contributed by atoms with Crippen molar-refractivity contribution in [2.45, 2.75) is 38.8 Å². The first kappa shape index (κ1) is 15.7. The van der Waals surface area contributed by atoms with Gasteiger partial charge in [0.1, 0.15) is 11.9 Å². The highest BCUT2D eigenvalue weighted by Gasteiger charge is 2.27. The fourth-order valence-electron chi connectivity index (χ4n) is 2.64. The molecule has 2 aromatic rings. The van der Waals surface area contributed by atoms with Gasteiger partial charge in [-0.3, -0.25) is 9.89 Å². The van der Waals surface area contributed by atoms with Gasteiger partial charge in [0.15, 0.2) is 5.82 Å². The van der Waals surface area contributed by atoms with Gasteiger partial charge in [-0.2, -0.15) is 5.10 Å². The number of aryl methyl sites for hydroxylation is 2. The van der Waals surface area contributed by atoms with Crippen molar-refractivity contribution in [2.75, 3.05) is 19.7 Å². The summed E-state index contributed by atoms with van der Waals surface area (Å²) in [5, 5.41) is 7.16. The van der Waals surface area contributed by atoms with Gasteiger partial charge in [0.2, 0.25) is 5.91 Å². The van der Waals surface area contributed by atoms with Gasteiger partial charge in [0.25, 0.3) is 0 Å². The quantitative estimate of drug-likeness (QED) is 0.856. The minimum Gasteiger partial charge on any atom is -0.366 e. The Morgan fingerprint density at radius 1 is 1.52 bits per heavy atom. The van der Waals surface area contributed by atoms with Crippen LogP contribution in [0.25, 0.3) is 0 Å². The fraction of sp³-hybridized carbons (Fsp3) is 0.600. The second kappa shape index (κ2) is 7.36. The van der Waals surface area contributed by atoms with Crippen molar-refractivity contribution in [3.63, 3.8) is 0 Å². The zero-order valence-corrected chi connectivity index (χ0v) is 13.3. The SMILES string of the molecule is CCCc1nc([C@H]2CN(C(=O)CCn3ccnc3)CCO2)n[nH]1. The van der Waals surface area contributed by atoms with Crippen LogP contribution < -0.4 is 0 Å². The van der Waals surface area contributed by atoms with Crippen LogP contribution in [-0.2, 0) is 22.5 Å². The lowest BCUT2D eigenvalue weighted by Crippen LogP contribution is -2.42. The molecule has 8 nitrogen and oxygen atoms in total. The van der Waals surface area contributed by atoms with Crippen molar-refractivity contribution in [2.24, 2.45) is 0 Å². The van der Waals surface area contributed by atoms with Crippen molar-refractivity contribution in [3.05, 3.63) is 30.4 Å². The molecule has 0 bridgehead atoms. The molecule has 0 spiro atoms. The Bertz CT molecular complexity index is 624. The standard InChI is InChI=1S/C15H22N6O2/c1-2-3-13-17-15(19-18-13)12-10-21(8-9-23-12)14(22)4-6-20-7-5-16-11-20/h5,7,11-12H,2-4,6,8-10H2,1H3,(H,17,18,19)/t12-/m1/s1. The van der Waals surface area contributed by atoms with Crippen LogP contribution >= 0.6 is 0 Å². The molecule has 124 valence electrons. The van der Waals surface area contributed by atoms with Crippen LogP contribution in [0.4, 0.5) is 0 Å². The Morgan fingerprint density at radius 2 is 2.43 bits per heavy atom. The first-order chi connectivity index (χ1) is 11.3. The maximum absolute atomic E-state index is 12.4. The molecule has 3 heterocycles. The van der Waals surface area contributed by atoms with Crippen LogP contribution in [0.15, 0.2) is 18.7 Å². The maximum atomic E-state index is 12.4. The van der Waals surface area contributed by atoms with Crippen molar-refractivity contribution in [1.82, 2.24) is 29.6 Å². The highest BCUT2D eigenvalue weighted by Crippen LogP contribution is 2.20. The van der Waals surface area contributed by atoms with Crippen molar-refractivity contribution < 1.29 is 9.53 Å². The third-order valence-corrected chi connectivity index (χ3v) is 3.89. The summed E-state index contributed by atoms with van der Waals surface area (Å²) >= 11 is 0. The topological polar surface area (TPSA) is 88.9 Å². The summed E-state index contributed by atoms with van der Waals surface area (Å²) in [5.41, 5.74) is 0. The van der Waals surface area contributed by atoms with Gasteiger partial charge in [-0.15, -0.1) is 0 Å². The molecule has 3 rings (SSSR count). The van der Waals surface area contributed by atoms with Gasteiger partial charge in [-0.05, 0) is 6.42 Å². The summed E-state index contributed by atoms with van der Waals surface area (Å²) < 4.78 is 7.64. The average Bonchev–Trinajstić information content (AvgIpc) is 3.25. The lowest BCUT2D eigenvalue weighted by atomic mass is 10.2. The summed E-state index contributed by atoms with van der Waals surface area (Å²) in [6.45, 7) is 4.37. The highest BCUT2D eigenvalue weighted by atomic mass is 16.5.